The molecule has 0 fully saturated rings. The van der Waals surface area contributed by atoms with E-state index in [1.807, 2.05) is 0 Å². The zero-order valence-corrected chi connectivity index (χ0v) is 7.68. The zero-order chi connectivity index (χ0) is 9.84. The summed E-state index contributed by atoms with van der Waals surface area (Å²) in [5, 5.41) is 8.31. The Balaban J connectivity index is 2.61. The van der Waals surface area contributed by atoms with E-state index in [0.29, 0.717) is 12.4 Å². The van der Waals surface area contributed by atoms with Crippen molar-refractivity contribution in [3.05, 3.63) is 11.9 Å². The van der Waals surface area contributed by atoms with Crippen molar-refractivity contribution < 1.29 is 9.59 Å². The lowest BCUT2D eigenvalue weighted by Crippen LogP contribution is -2.48. The third kappa shape index (κ3) is 2.55. The fraction of sp³-hybridized carbons (Fsp3) is 0.500. The smallest absolute Gasteiger partial charge is 0.222 e. The van der Waals surface area contributed by atoms with E-state index in [0.717, 1.165) is 0 Å². The van der Waals surface area contributed by atoms with E-state index in [1.54, 1.807) is 7.05 Å². The molecule has 5 heteroatoms. The first-order valence-corrected chi connectivity index (χ1v) is 4.07. The minimum Gasteiger partial charge on any atom is -0.369 e. The summed E-state index contributed by atoms with van der Waals surface area (Å²) in [6, 6.07) is -0.197. The van der Waals surface area contributed by atoms with Crippen molar-refractivity contribution in [2.24, 2.45) is 0 Å². The molecular weight excluding hydrogens is 170 g/mol. The molecule has 1 amide bonds. The molecule has 1 atom stereocenters. The van der Waals surface area contributed by atoms with Crippen LogP contribution in [0.25, 0.3) is 0 Å². The molecule has 1 heterocycles. The number of likely N-dealkylation sites (N-methyl/N-ethyl adjacent to an activating group) is 1. The topological polar surface area (TPSA) is 70.2 Å². The van der Waals surface area contributed by atoms with Gasteiger partial charge in [0.2, 0.25) is 5.91 Å². The molecule has 1 aliphatic rings. The Morgan fingerprint density at radius 2 is 2.38 bits per heavy atom. The van der Waals surface area contributed by atoms with Crippen LogP contribution in [-0.2, 0) is 9.59 Å². The largest absolute Gasteiger partial charge is 0.369 e. The van der Waals surface area contributed by atoms with Gasteiger partial charge in [-0.05, 0) is 7.05 Å². The minimum absolute atomic E-state index is 0.0231. The Labute approximate surface area is 76.6 Å². The zero-order valence-electron chi connectivity index (χ0n) is 7.68. The van der Waals surface area contributed by atoms with Crippen molar-refractivity contribution in [1.29, 1.82) is 0 Å². The average Bonchev–Trinajstić information content (AvgIpc) is 2.03. The Hall–Kier alpha value is -1.36. The molecule has 0 bridgehead atoms. The van der Waals surface area contributed by atoms with E-state index < -0.39 is 0 Å². The monoisotopic (exact) mass is 183 g/mol. The lowest BCUT2D eigenvalue weighted by molar-refractivity contribution is -0.118. The SMILES string of the molecule is CN[C@@H]1CNC(NC(C)=O)=CC1=O. The summed E-state index contributed by atoms with van der Waals surface area (Å²) in [7, 11) is 1.72. The Kier molecular flexibility index (Phi) is 3.02. The second-order valence-electron chi connectivity index (χ2n) is 2.86. The summed E-state index contributed by atoms with van der Waals surface area (Å²) < 4.78 is 0. The van der Waals surface area contributed by atoms with Crippen molar-refractivity contribution in [3.63, 3.8) is 0 Å². The molecule has 0 aromatic carbocycles. The fourth-order valence-electron chi connectivity index (χ4n) is 1.12. The quantitative estimate of drug-likeness (QED) is 0.499. The minimum atomic E-state index is -0.197. The molecule has 72 valence electrons. The Bertz CT molecular complexity index is 260. The normalized spacial score (nSPS) is 21.8. The van der Waals surface area contributed by atoms with E-state index in [9.17, 15) is 9.59 Å². The molecule has 0 saturated heterocycles. The molecule has 0 aromatic heterocycles. The van der Waals surface area contributed by atoms with Crippen LogP contribution in [0.15, 0.2) is 11.9 Å². The molecule has 5 nitrogen and oxygen atoms in total. The number of carbonyl (C=O) groups is 2. The Morgan fingerprint density at radius 3 is 2.85 bits per heavy atom. The molecule has 0 saturated carbocycles. The lowest BCUT2D eigenvalue weighted by atomic mass is 10.1. The molecular formula is C8H13N3O2. The van der Waals surface area contributed by atoms with Gasteiger partial charge in [-0.1, -0.05) is 0 Å². The van der Waals surface area contributed by atoms with Gasteiger partial charge in [0.1, 0.15) is 5.82 Å². The van der Waals surface area contributed by atoms with Gasteiger partial charge in [-0.3, -0.25) is 9.59 Å². The molecule has 1 rings (SSSR count). The van der Waals surface area contributed by atoms with Gasteiger partial charge in [0.05, 0.1) is 6.04 Å². The average molecular weight is 183 g/mol. The molecule has 0 radical (unpaired) electrons. The molecule has 0 unspecified atom stereocenters. The van der Waals surface area contributed by atoms with Crippen LogP contribution in [0.2, 0.25) is 0 Å². The van der Waals surface area contributed by atoms with Crippen molar-refractivity contribution in [2.45, 2.75) is 13.0 Å². The second kappa shape index (κ2) is 4.04. The van der Waals surface area contributed by atoms with Crippen LogP contribution in [0.1, 0.15) is 6.92 Å². The maximum Gasteiger partial charge on any atom is 0.222 e. The number of hydrogen-bond acceptors (Lipinski definition) is 4. The molecule has 1 aliphatic heterocycles. The van der Waals surface area contributed by atoms with Crippen molar-refractivity contribution in [1.82, 2.24) is 16.0 Å². The second-order valence-corrected chi connectivity index (χ2v) is 2.86. The summed E-state index contributed by atoms with van der Waals surface area (Å²) >= 11 is 0. The van der Waals surface area contributed by atoms with Gasteiger partial charge in [-0.25, -0.2) is 0 Å². The van der Waals surface area contributed by atoms with E-state index in [2.05, 4.69) is 16.0 Å². The maximum absolute atomic E-state index is 11.3. The molecule has 3 N–H and O–H groups in total. The van der Waals surface area contributed by atoms with Crippen LogP contribution in [0.5, 0.6) is 0 Å². The van der Waals surface area contributed by atoms with Gasteiger partial charge >= 0.3 is 0 Å². The van der Waals surface area contributed by atoms with Gasteiger partial charge in [0, 0.05) is 19.5 Å². The van der Waals surface area contributed by atoms with Crippen LogP contribution in [0.3, 0.4) is 0 Å². The molecule has 0 spiro atoms. The summed E-state index contributed by atoms with van der Waals surface area (Å²) in [5.41, 5.74) is 0. The standard InChI is InChI=1S/C8H13N3O2/c1-5(12)11-8-3-7(13)6(9-2)4-10-8/h3,6,9-10H,4H2,1-2H3,(H,11,12)/t6-/m1/s1. The van der Waals surface area contributed by atoms with E-state index >= 15 is 0 Å². The van der Waals surface area contributed by atoms with Crippen LogP contribution in [-0.4, -0.2) is 31.3 Å². The summed E-state index contributed by atoms with van der Waals surface area (Å²) in [4.78, 5) is 21.9. The maximum atomic E-state index is 11.3. The fourth-order valence-corrected chi connectivity index (χ4v) is 1.12. The summed E-state index contributed by atoms with van der Waals surface area (Å²) in [6.45, 7) is 1.90. The van der Waals surface area contributed by atoms with Gasteiger partial charge in [-0.2, -0.15) is 0 Å². The molecule has 0 aliphatic carbocycles. The van der Waals surface area contributed by atoms with Crippen LogP contribution < -0.4 is 16.0 Å². The predicted octanol–water partition coefficient (Wildman–Crippen LogP) is -1.28. The van der Waals surface area contributed by atoms with Crippen LogP contribution >= 0.6 is 0 Å². The number of rotatable bonds is 2. The van der Waals surface area contributed by atoms with E-state index in [-0.39, 0.29) is 17.7 Å². The first-order chi connectivity index (χ1) is 6.13. The van der Waals surface area contributed by atoms with Gasteiger partial charge < -0.3 is 16.0 Å². The van der Waals surface area contributed by atoms with Crippen LogP contribution in [0.4, 0.5) is 0 Å². The lowest BCUT2D eigenvalue weighted by Gasteiger charge is -2.21. The Morgan fingerprint density at radius 1 is 1.69 bits per heavy atom. The third-order valence-electron chi connectivity index (χ3n) is 1.79. The van der Waals surface area contributed by atoms with Crippen molar-refractivity contribution in [3.8, 4) is 0 Å². The van der Waals surface area contributed by atoms with E-state index in [1.165, 1.54) is 13.0 Å². The summed E-state index contributed by atoms with van der Waals surface area (Å²) in [6.07, 6.45) is 1.39. The number of amides is 1. The van der Waals surface area contributed by atoms with Crippen molar-refractivity contribution in [2.75, 3.05) is 13.6 Å². The number of ketones is 1. The summed E-state index contributed by atoms with van der Waals surface area (Å²) in [5.74, 6) is 0.267. The highest BCUT2D eigenvalue weighted by Crippen LogP contribution is 1.97. The first kappa shape index (κ1) is 9.73. The van der Waals surface area contributed by atoms with Gasteiger partial charge in [-0.15, -0.1) is 0 Å². The van der Waals surface area contributed by atoms with Crippen molar-refractivity contribution >= 4 is 11.7 Å². The molecule has 13 heavy (non-hydrogen) atoms. The number of nitrogens with one attached hydrogen (secondary N) is 3. The first-order valence-electron chi connectivity index (χ1n) is 4.07. The highest BCUT2D eigenvalue weighted by molar-refractivity contribution is 5.96. The number of carbonyl (C=O) groups excluding carboxylic acids is 2. The predicted molar refractivity (Wildman–Crippen MR) is 47.8 cm³/mol. The highest BCUT2D eigenvalue weighted by Gasteiger charge is 2.20. The molecule has 0 aromatic rings. The van der Waals surface area contributed by atoms with Crippen LogP contribution in [0, 0.1) is 0 Å². The number of hydrogen-bond donors (Lipinski definition) is 3. The third-order valence-corrected chi connectivity index (χ3v) is 1.79. The highest BCUT2D eigenvalue weighted by atomic mass is 16.1. The van der Waals surface area contributed by atoms with E-state index in [4.69, 9.17) is 0 Å². The van der Waals surface area contributed by atoms with Gasteiger partial charge in [0.25, 0.3) is 0 Å². The van der Waals surface area contributed by atoms with Gasteiger partial charge in [0.15, 0.2) is 5.78 Å².